The molecule has 0 aromatic heterocycles. The van der Waals surface area contributed by atoms with Gasteiger partial charge in [-0.3, -0.25) is 4.90 Å². The van der Waals surface area contributed by atoms with Gasteiger partial charge in [0, 0.05) is 57.2 Å². The van der Waals surface area contributed by atoms with Gasteiger partial charge in [-0.25, -0.2) is 0 Å². The Labute approximate surface area is 190 Å². The molecular formula is C26H42ClN3. The largest absolute Gasteiger partial charge is 0.372 e. The zero-order chi connectivity index (χ0) is 19.8. The summed E-state index contributed by atoms with van der Waals surface area (Å²) in [7, 11) is 0. The van der Waals surface area contributed by atoms with Crippen molar-refractivity contribution in [1.29, 1.82) is 0 Å². The Hall–Kier alpha value is -0.930. The summed E-state index contributed by atoms with van der Waals surface area (Å²) >= 11 is 0. The Balaban J connectivity index is 0.00000218. The summed E-state index contributed by atoms with van der Waals surface area (Å²) in [5, 5.41) is 0. The second kappa shape index (κ2) is 9.28. The molecule has 0 spiro atoms. The molecule has 1 aromatic rings. The lowest BCUT2D eigenvalue weighted by atomic mass is 9.71. The van der Waals surface area contributed by atoms with E-state index in [1.807, 2.05) is 0 Å². The molecule has 4 heteroatoms. The molecule has 2 saturated heterocycles. The summed E-state index contributed by atoms with van der Waals surface area (Å²) in [6.07, 6.45) is 11.1. The van der Waals surface area contributed by atoms with Gasteiger partial charge in [-0.15, -0.1) is 12.4 Å². The molecule has 4 fully saturated rings. The highest BCUT2D eigenvalue weighted by Crippen LogP contribution is 2.46. The van der Waals surface area contributed by atoms with Crippen LogP contribution in [-0.4, -0.2) is 50.7 Å². The Morgan fingerprint density at radius 2 is 1.50 bits per heavy atom. The molecule has 0 amide bonds. The van der Waals surface area contributed by atoms with Crippen LogP contribution in [0.3, 0.4) is 0 Å². The first-order valence-corrected chi connectivity index (χ1v) is 12.4. The summed E-state index contributed by atoms with van der Waals surface area (Å²) in [5.74, 6) is 1.77. The fourth-order valence-electron chi connectivity index (χ4n) is 5.88. The number of nitrogens with zero attached hydrogens (tertiary/aromatic N) is 3. The van der Waals surface area contributed by atoms with Gasteiger partial charge in [0.15, 0.2) is 0 Å². The first-order valence-electron chi connectivity index (χ1n) is 12.4. The van der Waals surface area contributed by atoms with Crippen molar-refractivity contribution >= 4 is 23.8 Å². The highest BCUT2D eigenvalue weighted by atomic mass is 35.5. The third-order valence-corrected chi connectivity index (χ3v) is 8.19. The first kappa shape index (κ1) is 22.3. The molecule has 0 atom stereocenters. The fraction of sp³-hybridized carbons (Fsp3) is 0.769. The van der Waals surface area contributed by atoms with Gasteiger partial charge in [0.05, 0.1) is 0 Å². The molecule has 0 bridgehead atoms. The highest BCUT2D eigenvalue weighted by molar-refractivity contribution is 5.85. The van der Waals surface area contributed by atoms with E-state index >= 15 is 0 Å². The summed E-state index contributed by atoms with van der Waals surface area (Å²) in [5.41, 5.74) is 5.25. The number of hydrogen-bond donors (Lipinski definition) is 0. The summed E-state index contributed by atoms with van der Waals surface area (Å²) in [6, 6.07) is 7.51. The molecule has 3 nitrogen and oxygen atoms in total. The van der Waals surface area contributed by atoms with Crippen molar-refractivity contribution in [2.45, 2.75) is 71.1 Å². The molecular weight excluding hydrogens is 390 g/mol. The van der Waals surface area contributed by atoms with Gasteiger partial charge in [0.2, 0.25) is 0 Å². The Bertz CT molecular complexity index is 690. The second-order valence-electron chi connectivity index (χ2n) is 11.1. The van der Waals surface area contributed by atoms with E-state index in [4.69, 9.17) is 0 Å². The van der Waals surface area contributed by atoms with Gasteiger partial charge in [-0.2, -0.15) is 0 Å². The lowest BCUT2D eigenvalue weighted by molar-refractivity contribution is 0.224. The molecule has 2 saturated carbocycles. The van der Waals surface area contributed by atoms with Crippen molar-refractivity contribution < 1.29 is 0 Å². The van der Waals surface area contributed by atoms with Gasteiger partial charge >= 0.3 is 0 Å². The minimum atomic E-state index is 0. The molecule has 0 radical (unpaired) electrons. The molecule has 1 aromatic carbocycles. The number of halogens is 1. The lowest BCUT2D eigenvalue weighted by Gasteiger charge is -2.40. The molecule has 0 N–H and O–H groups in total. The smallest absolute Gasteiger partial charge is 0.0404 e. The van der Waals surface area contributed by atoms with E-state index in [9.17, 15) is 0 Å². The number of anilines is 2. The normalized spacial score (nSPS) is 25.4. The lowest BCUT2D eigenvalue weighted by Crippen LogP contribution is -2.47. The SMILES string of the molecule is CC1(C)CCC(c2cc(N3CCCC3)ccc2N2CCN(CC3CC3)CC2)CC1.Cl. The van der Waals surface area contributed by atoms with Gasteiger partial charge < -0.3 is 9.80 Å². The molecule has 2 aliphatic heterocycles. The van der Waals surface area contributed by atoms with Crippen LogP contribution in [0.2, 0.25) is 0 Å². The number of rotatable bonds is 5. The molecule has 2 heterocycles. The monoisotopic (exact) mass is 431 g/mol. The van der Waals surface area contributed by atoms with E-state index in [1.165, 1.54) is 103 Å². The molecule has 5 rings (SSSR count). The number of benzene rings is 1. The van der Waals surface area contributed by atoms with Crippen LogP contribution in [0.4, 0.5) is 11.4 Å². The predicted molar refractivity (Wildman–Crippen MR) is 132 cm³/mol. The van der Waals surface area contributed by atoms with Gasteiger partial charge in [-0.05, 0) is 92.4 Å². The first-order chi connectivity index (χ1) is 14.1. The van der Waals surface area contributed by atoms with E-state index in [0.717, 1.165) is 11.8 Å². The minimum absolute atomic E-state index is 0. The quantitative estimate of drug-likeness (QED) is 0.572. The molecule has 4 aliphatic rings. The van der Waals surface area contributed by atoms with Gasteiger partial charge in [0.1, 0.15) is 0 Å². The zero-order valence-electron chi connectivity index (χ0n) is 19.2. The van der Waals surface area contributed by atoms with Crippen molar-refractivity contribution in [3.05, 3.63) is 23.8 Å². The average molecular weight is 432 g/mol. The average Bonchev–Trinajstić information content (AvgIpc) is 3.37. The Morgan fingerprint density at radius 1 is 0.833 bits per heavy atom. The number of piperazine rings is 1. The van der Waals surface area contributed by atoms with Crippen LogP contribution < -0.4 is 9.80 Å². The summed E-state index contributed by atoms with van der Waals surface area (Å²) in [6.45, 7) is 13.7. The molecule has 0 unspecified atom stereocenters. The van der Waals surface area contributed by atoms with Crippen LogP contribution in [0.1, 0.15) is 76.7 Å². The Kier molecular flexibility index (Phi) is 6.89. The van der Waals surface area contributed by atoms with Crippen LogP contribution in [0.5, 0.6) is 0 Å². The molecule has 168 valence electrons. The predicted octanol–water partition coefficient (Wildman–Crippen LogP) is 5.92. The van der Waals surface area contributed by atoms with Crippen molar-refractivity contribution in [2.75, 3.05) is 55.6 Å². The van der Waals surface area contributed by atoms with Crippen molar-refractivity contribution in [3.8, 4) is 0 Å². The van der Waals surface area contributed by atoms with Crippen LogP contribution in [0.25, 0.3) is 0 Å². The molecule has 30 heavy (non-hydrogen) atoms. The third kappa shape index (κ3) is 5.10. The van der Waals surface area contributed by atoms with Crippen LogP contribution >= 0.6 is 12.4 Å². The van der Waals surface area contributed by atoms with E-state index in [-0.39, 0.29) is 12.4 Å². The minimum Gasteiger partial charge on any atom is -0.372 e. The summed E-state index contributed by atoms with van der Waals surface area (Å²) < 4.78 is 0. The van der Waals surface area contributed by atoms with Crippen LogP contribution in [-0.2, 0) is 0 Å². The maximum absolute atomic E-state index is 2.72. The summed E-state index contributed by atoms with van der Waals surface area (Å²) in [4.78, 5) is 8.05. The van der Waals surface area contributed by atoms with Crippen molar-refractivity contribution in [1.82, 2.24) is 4.90 Å². The van der Waals surface area contributed by atoms with Crippen LogP contribution in [0, 0.1) is 11.3 Å². The second-order valence-corrected chi connectivity index (χ2v) is 11.1. The topological polar surface area (TPSA) is 9.72 Å². The Morgan fingerprint density at radius 3 is 2.13 bits per heavy atom. The van der Waals surface area contributed by atoms with E-state index in [2.05, 4.69) is 46.7 Å². The van der Waals surface area contributed by atoms with Gasteiger partial charge in [0.25, 0.3) is 0 Å². The van der Waals surface area contributed by atoms with Crippen molar-refractivity contribution in [2.24, 2.45) is 11.3 Å². The van der Waals surface area contributed by atoms with E-state index in [1.54, 1.807) is 11.3 Å². The van der Waals surface area contributed by atoms with Crippen molar-refractivity contribution in [3.63, 3.8) is 0 Å². The fourth-order valence-corrected chi connectivity index (χ4v) is 5.88. The molecule has 2 aliphatic carbocycles. The van der Waals surface area contributed by atoms with E-state index < -0.39 is 0 Å². The number of hydrogen-bond acceptors (Lipinski definition) is 3. The third-order valence-electron chi connectivity index (χ3n) is 8.19. The zero-order valence-corrected chi connectivity index (χ0v) is 20.1. The van der Waals surface area contributed by atoms with Crippen LogP contribution in [0.15, 0.2) is 18.2 Å². The van der Waals surface area contributed by atoms with Gasteiger partial charge in [-0.1, -0.05) is 13.8 Å². The maximum atomic E-state index is 2.72. The standard InChI is InChI=1S/C26H41N3.ClH/c1-26(2)11-9-22(10-12-26)24-19-23(28-13-3-4-14-28)7-8-25(24)29-17-15-27(16-18-29)20-21-5-6-21;/h7-8,19,21-22H,3-6,9-18,20H2,1-2H3;1H. The highest BCUT2D eigenvalue weighted by Gasteiger charge is 2.31. The van der Waals surface area contributed by atoms with E-state index in [0.29, 0.717) is 5.41 Å². The maximum Gasteiger partial charge on any atom is 0.0404 e.